The maximum atomic E-state index is 11.9. The molecule has 0 fully saturated rings. The second kappa shape index (κ2) is 5.10. The third-order valence-electron chi connectivity index (χ3n) is 2.11. The molecule has 18 heavy (non-hydrogen) atoms. The van der Waals surface area contributed by atoms with Crippen molar-refractivity contribution >= 4 is 15.8 Å². The Morgan fingerprint density at radius 1 is 1.17 bits per heavy atom. The first-order valence-electron chi connectivity index (χ1n) is 5.61. The van der Waals surface area contributed by atoms with Crippen LogP contribution in [0.2, 0.25) is 0 Å². The largest absolute Gasteiger partial charge is 0.459 e. The van der Waals surface area contributed by atoms with Crippen LogP contribution in [0.15, 0.2) is 29.2 Å². The summed E-state index contributed by atoms with van der Waals surface area (Å²) in [5.74, 6) is -1.36. The van der Waals surface area contributed by atoms with Gasteiger partial charge in [-0.3, -0.25) is 4.79 Å². The molecule has 0 aliphatic carbocycles. The smallest absolute Gasteiger partial charge is 0.322 e. The van der Waals surface area contributed by atoms with E-state index < -0.39 is 27.2 Å². The third-order valence-corrected chi connectivity index (χ3v) is 3.71. The topological polar surface area (TPSA) is 60.4 Å². The van der Waals surface area contributed by atoms with E-state index in [1.807, 2.05) is 6.92 Å². The number of sulfone groups is 1. The van der Waals surface area contributed by atoms with Gasteiger partial charge in [0.05, 0.1) is 4.90 Å². The molecule has 4 nitrogen and oxygen atoms in total. The summed E-state index contributed by atoms with van der Waals surface area (Å²) in [5, 5.41) is 0. The molecule has 1 aromatic rings. The SMILES string of the molecule is Cc1ccc(S(=O)(=O)CC(=O)OC(C)(C)C)cc1. The first-order valence-corrected chi connectivity index (χ1v) is 7.27. The van der Waals surface area contributed by atoms with Crippen molar-refractivity contribution in [2.45, 2.75) is 38.2 Å². The van der Waals surface area contributed by atoms with Gasteiger partial charge < -0.3 is 4.74 Å². The van der Waals surface area contributed by atoms with Crippen molar-refractivity contribution < 1.29 is 17.9 Å². The number of esters is 1. The Labute approximate surface area is 108 Å². The molecule has 0 aliphatic rings. The lowest BCUT2D eigenvalue weighted by molar-refractivity contribution is -0.151. The van der Waals surface area contributed by atoms with Gasteiger partial charge in [-0.25, -0.2) is 8.42 Å². The van der Waals surface area contributed by atoms with E-state index in [1.165, 1.54) is 12.1 Å². The number of aryl methyl sites for hydroxylation is 1. The Bertz CT molecular complexity index is 521. The lowest BCUT2D eigenvalue weighted by Crippen LogP contribution is -2.28. The highest BCUT2D eigenvalue weighted by Gasteiger charge is 2.24. The normalized spacial score (nSPS) is 12.2. The van der Waals surface area contributed by atoms with Crippen LogP contribution in [0.3, 0.4) is 0 Å². The molecule has 0 heterocycles. The van der Waals surface area contributed by atoms with Gasteiger partial charge in [0.1, 0.15) is 5.60 Å². The number of hydrogen-bond acceptors (Lipinski definition) is 4. The highest BCUT2D eigenvalue weighted by molar-refractivity contribution is 7.92. The molecule has 0 N–H and O–H groups in total. The second-order valence-electron chi connectivity index (χ2n) is 5.16. The van der Waals surface area contributed by atoms with E-state index >= 15 is 0 Å². The monoisotopic (exact) mass is 270 g/mol. The van der Waals surface area contributed by atoms with E-state index in [0.29, 0.717) is 0 Å². The highest BCUT2D eigenvalue weighted by Crippen LogP contribution is 2.14. The first kappa shape index (κ1) is 14.7. The minimum atomic E-state index is -3.62. The van der Waals surface area contributed by atoms with Gasteiger partial charge in [-0.05, 0) is 39.8 Å². The lowest BCUT2D eigenvalue weighted by atomic mass is 10.2. The standard InChI is InChI=1S/C13H18O4S/c1-10-5-7-11(8-6-10)18(15,16)9-12(14)17-13(2,3)4/h5-8H,9H2,1-4H3. The summed E-state index contributed by atoms with van der Waals surface area (Å²) in [6.07, 6.45) is 0. The summed E-state index contributed by atoms with van der Waals surface area (Å²) in [7, 11) is -3.62. The van der Waals surface area contributed by atoms with Gasteiger partial charge >= 0.3 is 5.97 Å². The lowest BCUT2D eigenvalue weighted by Gasteiger charge is -2.19. The van der Waals surface area contributed by atoms with Crippen molar-refractivity contribution in [3.63, 3.8) is 0 Å². The number of carbonyl (C=O) groups is 1. The number of carbonyl (C=O) groups excluding carboxylic acids is 1. The molecule has 0 saturated heterocycles. The second-order valence-corrected chi connectivity index (χ2v) is 7.15. The molecule has 0 aliphatic heterocycles. The molecule has 0 amide bonds. The van der Waals surface area contributed by atoms with Crippen molar-refractivity contribution in [2.75, 3.05) is 5.75 Å². The fourth-order valence-electron chi connectivity index (χ4n) is 1.36. The summed E-state index contributed by atoms with van der Waals surface area (Å²) in [4.78, 5) is 11.7. The molecule has 0 radical (unpaired) electrons. The van der Waals surface area contributed by atoms with Crippen LogP contribution in [0.4, 0.5) is 0 Å². The molecule has 5 heteroatoms. The van der Waals surface area contributed by atoms with Crippen LogP contribution in [0.1, 0.15) is 26.3 Å². The average molecular weight is 270 g/mol. The van der Waals surface area contributed by atoms with Crippen molar-refractivity contribution in [1.82, 2.24) is 0 Å². The quantitative estimate of drug-likeness (QED) is 0.789. The van der Waals surface area contributed by atoms with Crippen LogP contribution in [0.5, 0.6) is 0 Å². The van der Waals surface area contributed by atoms with E-state index in [0.717, 1.165) is 5.56 Å². The van der Waals surface area contributed by atoms with E-state index in [1.54, 1.807) is 32.9 Å². The van der Waals surface area contributed by atoms with Crippen LogP contribution in [0, 0.1) is 6.92 Å². The van der Waals surface area contributed by atoms with Gasteiger partial charge in [-0.2, -0.15) is 0 Å². The molecule has 0 saturated carbocycles. The van der Waals surface area contributed by atoms with Crippen LogP contribution in [-0.2, 0) is 19.4 Å². The molecule has 0 spiro atoms. The maximum absolute atomic E-state index is 11.9. The predicted molar refractivity (Wildman–Crippen MR) is 69.1 cm³/mol. The van der Waals surface area contributed by atoms with Crippen molar-refractivity contribution in [3.8, 4) is 0 Å². The fraction of sp³-hybridized carbons (Fsp3) is 0.462. The molecule has 0 bridgehead atoms. The van der Waals surface area contributed by atoms with Gasteiger partial charge in [0.15, 0.2) is 15.6 Å². The molecule has 0 aromatic heterocycles. The first-order chi connectivity index (χ1) is 8.10. The molecule has 0 atom stereocenters. The number of hydrogen-bond donors (Lipinski definition) is 0. The minimum Gasteiger partial charge on any atom is -0.459 e. The van der Waals surface area contributed by atoms with Gasteiger partial charge in [0.25, 0.3) is 0 Å². The summed E-state index contributed by atoms with van der Waals surface area (Å²) in [5.41, 5.74) is 0.283. The number of ether oxygens (including phenoxy) is 1. The third kappa shape index (κ3) is 4.49. The molecular weight excluding hydrogens is 252 g/mol. The Morgan fingerprint density at radius 3 is 2.11 bits per heavy atom. The zero-order valence-corrected chi connectivity index (χ0v) is 11.9. The summed E-state index contributed by atoms with van der Waals surface area (Å²) < 4.78 is 28.9. The van der Waals surface area contributed by atoms with Gasteiger partial charge in [-0.15, -0.1) is 0 Å². The van der Waals surface area contributed by atoms with E-state index in [9.17, 15) is 13.2 Å². The van der Waals surface area contributed by atoms with Gasteiger partial charge in [0.2, 0.25) is 0 Å². The van der Waals surface area contributed by atoms with Crippen LogP contribution in [-0.4, -0.2) is 25.7 Å². The Kier molecular flexibility index (Phi) is 4.16. The van der Waals surface area contributed by atoms with E-state index in [2.05, 4.69) is 0 Å². The Balaban J connectivity index is 2.83. The molecule has 1 aromatic carbocycles. The predicted octanol–water partition coefficient (Wildman–Crippen LogP) is 2.11. The molecule has 1 rings (SSSR count). The Hall–Kier alpha value is -1.36. The molecule has 0 unspecified atom stereocenters. The zero-order valence-electron chi connectivity index (χ0n) is 11.1. The molecular formula is C13H18O4S. The fourth-order valence-corrected chi connectivity index (χ4v) is 2.44. The van der Waals surface area contributed by atoms with Crippen molar-refractivity contribution in [3.05, 3.63) is 29.8 Å². The van der Waals surface area contributed by atoms with Crippen molar-refractivity contribution in [1.29, 1.82) is 0 Å². The van der Waals surface area contributed by atoms with Crippen LogP contribution < -0.4 is 0 Å². The highest BCUT2D eigenvalue weighted by atomic mass is 32.2. The maximum Gasteiger partial charge on any atom is 0.322 e. The van der Waals surface area contributed by atoms with Gasteiger partial charge in [-0.1, -0.05) is 17.7 Å². The van der Waals surface area contributed by atoms with Crippen molar-refractivity contribution in [2.24, 2.45) is 0 Å². The summed E-state index contributed by atoms with van der Waals surface area (Å²) in [6.45, 7) is 6.96. The van der Waals surface area contributed by atoms with Gasteiger partial charge in [0, 0.05) is 0 Å². The van der Waals surface area contributed by atoms with Crippen LogP contribution >= 0.6 is 0 Å². The zero-order chi connectivity index (χ0) is 14.0. The Morgan fingerprint density at radius 2 is 1.67 bits per heavy atom. The average Bonchev–Trinajstić information content (AvgIpc) is 2.13. The minimum absolute atomic E-state index is 0.138. The van der Waals surface area contributed by atoms with E-state index in [4.69, 9.17) is 4.74 Å². The summed E-state index contributed by atoms with van der Waals surface area (Å²) >= 11 is 0. The van der Waals surface area contributed by atoms with Crippen LogP contribution in [0.25, 0.3) is 0 Å². The summed E-state index contributed by atoms with van der Waals surface area (Å²) in [6, 6.07) is 6.38. The van der Waals surface area contributed by atoms with E-state index in [-0.39, 0.29) is 4.90 Å². The number of benzene rings is 1. The number of rotatable bonds is 3. The molecule has 100 valence electrons.